The van der Waals surface area contributed by atoms with Gasteiger partial charge in [0, 0.05) is 10.8 Å². The zero-order valence-electron chi connectivity index (χ0n) is 10.2. The minimum Gasteiger partial charge on any atom is -0.241 e. The second kappa shape index (κ2) is 4.31. The van der Waals surface area contributed by atoms with Crippen LogP contribution in [0.15, 0.2) is 29.6 Å². The van der Waals surface area contributed by atoms with Gasteiger partial charge in [-0.05, 0) is 5.56 Å². The SMILES string of the molecule is [C-]#[N+]c1ccc(-c2csc(C(C)(C)C)n2)cc1. The highest BCUT2D eigenvalue weighted by molar-refractivity contribution is 7.10. The zero-order chi connectivity index (χ0) is 12.5. The van der Waals surface area contributed by atoms with Gasteiger partial charge in [-0.25, -0.2) is 9.83 Å². The fraction of sp³-hybridized carbons (Fsp3) is 0.286. The van der Waals surface area contributed by atoms with Crippen molar-refractivity contribution in [2.24, 2.45) is 0 Å². The second-order valence-electron chi connectivity index (χ2n) is 4.95. The van der Waals surface area contributed by atoms with Crippen LogP contribution in [0.5, 0.6) is 0 Å². The molecular formula is C14H14N2S. The monoisotopic (exact) mass is 242 g/mol. The first-order valence-electron chi connectivity index (χ1n) is 5.44. The Morgan fingerprint density at radius 1 is 1.18 bits per heavy atom. The number of thiazole rings is 1. The van der Waals surface area contributed by atoms with Gasteiger partial charge in [-0.15, -0.1) is 11.3 Å². The third-order valence-electron chi connectivity index (χ3n) is 2.44. The third-order valence-corrected chi connectivity index (χ3v) is 3.71. The molecule has 3 heteroatoms. The van der Waals surface area contributed by atoms with Crippen LogP contribution in [0.2, 0.25) is 0 Å². The standard InChI is InChI=1S/C14H14N2S/c1-14(2,3)13-16-12(9-17-13)10-5-7-11(15-4)8-6-10/h5-9H,1-3H3. The number of aromatic nitrogens is 1. The maximum Gasteiger partial charge on any atom is 0.187 e. The molecule has 0 radical (unpaired) electrons. The van der Waals surface area contributed by atoms with Gasteiger partial charge in [0.25, 0.3) is 0 Å². The molecule has 0 spiro atoms. The Morgan fingerprint density at radius 3 is 2.29 bits per heavy atom. The van der Waals surface area contributed by atoms with E-state index in [0.29, 0.717) is 5.69 Å². The van der Waals surface area contributed by atoms with Crippen molar-refractivity contribution in [3.8, 4) is 11.3 Å². The van der Waals surface area contributed by atoms with Crippen LogP contribution in [0.25, 0.3) is 16.1 Å². The molecule has 2 aromatic rings. The van der Waals surface area contributed by atoms with Crippen LogP contribution in [0.4, 0.5) is 5.69 Å². The van der Waals surface area contributed by atoms with Gasteiger partial charge in [-0.1, -0.05) is 45.0 Å². The Bertz CT molecular complexity index is 553. The van der Waals surface area contributed by atoms with Crippen LogP contribution in [-0.4, -0.2) is 4.98 Å². The molecule has 0 amide bonds. The molecule has 0 aliphatic rings. The fourth-order valence-electron chi connectivity index (χ4n) is 1.46. The minimum atomic E-state index is 0.0966. The van der Waals surface area contributed by atoms with E-state index in [-0.39, 0.29) is 5.41 Å². The molecule has 0 fully saturated rings. The number of nitrogens with zero attached hydrogens (tertiary/aromatic N) is 2. The molecule has 0 bridgehead atoms. The zero-order valence-corrected chi connectivity index (χ0v) is 11.0. The molecule has 2 rings (SSSR count). The van der Waals surface area contributed by atoms with Crippen molar-refractivity contribution in [3.63, 3.8) is 0 Å². The van der Waals surface area contributed by atoms with E-state index < -0.39 is 0 Å². The number of hydrogen-bond donors (Lipinski definition) is 0. The summed E-state index contributed by atoms with van der Waals surface area (Å²) in [5, 5.41) is 3.22. The molecule has 0 saturated heterocycles. The van der Waals surface area contributed by atoms with Gasteiger partial charge in [-0.3, -0.25) is 0 Å². The van der Waals surface area contributed by atoms with Gasteiger partial charge in [0.1, 0.15) is 0 Å². The van der Waals surface area contributed by atoms with Crippen molar-refractivity contribution in [2.75, 3.05) is 0 Å². The van der Waals surface area contributed by atoms with Crippen molar-refractivity contribution < 1.29 is 0 Å². The molecule has 17 heavy (non-hydrogen) atoms. The van der Waals surface area contributed by atoms with Crippen molar-refractivity contribution in [3.05, 3.63) is 46.1 Å². The van der Waals surface area contributed by atoms with E-state index in [2.05, 4.69) is 36.0 Å². The van der Waals surface area contributed by atoms with Crippen LogP contribution in [0.1, 0.15) is 25.8 Å². The highest BCUT2D eigenvalue weighted by Crippen LogP contribution is 2.30. The molecule has 1 heterocycles. The van der Waals surface area contributed by atoms with Crippen LogP contribution in [0.3, 0.4) is 0 Å². The summed E-state index contributed by atoms with van der Waals surface area (Å²) in [4.78, 5) is 8.03. The van der Waals surface area contributed by atoms with Crippen molar-refractivity contribution in [2.45, 2.75) is 26.2 Å². The quantitative estimate of drug-likeness (QED) is 0.665. The van der Waals surface area contributed by atoms with Gasteiger partial charge in [0.15, 0.2) is 5.69 Å². The average molecular weight is 242 g/mol. The predicted octanol–water partition coefficient (Wildman–Crippen LogP) is 4.66. The van der Waals surface area contributed by atoms with Gasteiger partial charge in [0.2, 0.25) is 0 Å². The molecule has 1 aromatic heterocycles. The normalized spacial score (nSPS) is 11.2. The summed E-state index contributed by atoms with van der Waals surface area (Å²) in [5.41, 5.74) is 2.83. The number of hydrogen-bond acceptors (Lipinski definition) is 2. The Labute approximate surface area is 106 Å². The summed E-state index contributed by atoms with van der Waals surface area (Å²) in [7, 11) is 0. The first-order chi connectivity index (χ1) is 8.00. The molecule has 2 nitrogen and oxygen atoms in total. The Hall–Kier alpha value is -1.66. The van der Waals surface area contributed by atoms with Gasteiger partial charge in [0.05, 0.1) is 17.3 Å². The van der Waals surface area contributed by atoms with E-state index in [1.165, 1.54) is 0 Å². The maximum absolute atomic E-state index is 6.92. The lowest BCUT2D eigenvalue weighted by Crippen LogP contribution is -2.10. The van der Waals surface area contributed by atoms with Gasteiger partial charge < -0.3 is 0 Å². The lowest BCUT2D eigenvalue weighted by atomic mass is 9.98. The van der Waals surface area contributed by atoms with Gasteiger partial charge in [-0.2, -0.15) is 0 Å². The summed E-state index contributed by atoms with van der Waals surface area (Å²) in [6.45, 7) is 13.4. The molecule has 0 unspecified atom stereocenters. The molecule has 86 valence electrons. The topological polar surface area (TPSA) is 17.2 Å². The van der Waals surface area contributed by atoms with Crippen molar-refractivity contribution in [1.82, 2.24) is 4.98 Å². The summed E-state index contributed by atoms with van der Waals surface area (Å²) in [5.74, 6) is 0. The molecule has 0 atom stereocenters. The van der Waals surface area contributed by atoms with Crippen LogP contribution in [0, 0.1) is 6.57 Å². The first kappa shape index (κ1) is 11.8. The first-order valence-corrected chi connectivity index (χ1v) is 6.32. The summed E-state index contributed by atoms with van der Waals surface area (Å²) in [6, 6.07) is 7.57. The highest BCUT2D eigenvalue weighted by Gasteiger charge is 2.18. The van der Waals surface area contributed by atoms with Crippen molar-refractivity contribution in [1.29, 1.82) is 0 Å². The predicted molar refractivity (Wildman–Crippen MR) is 72.5 cm³/mol. The maximum atomic E-state index is 6.92. The number of rotatable bonds is 1. The van der Waals surface area contributed by atoms with E-state index in [4.69, 9.17) is 6.57 Å². The molecule has 1 aromatic carbocycles. The molecule has 0 aliphatic heterocycles. The number of benzene rings is 1. The van der Waals surface area contributed by atoms with E-state index in [1.54, 1.807) is 11.3 Å². The molecular weight excluding hydrogens is 228 g/mol. The van der Waals surface area contributed by atoms with E-state index in [0.717, 1.165) is 16.3 Å². The Morgan fingerprint density at radius 2 is 1.82 bits per heavy atom. The Kier molecular flexibility index (Phi) is 2.99. The van der Waals surface area contributed by atoms with Crippen molar-refractivity contribution >= 4 is 17.0 Å². The lowest BCUT2D eigenvalue weighted by Gasteiger charge is -2.13. The third kappa shape index (κ3) is 2.54. The van der Waals surface area contributed by atoms with Crippen LogP contribution in [-0.2, 0) is 5.41 Å². The summed E-state index contributed by atoms with van der Waals surface area (Å²) in [6.07, 6.45) is 0. The summed E-state index contributed by atoms with van der Waals surface area (Å²) >= 11 is 1.69. The van der Waals surface area contributed by atoms with E-state index >= 15 is 0 Å². The Balaban J connectivity index is 2.34. The fourth-order valence-corrected chi connectivity index (χ4v) is 2.37. The van der Waals surface area contributed by atoms with E-state index in [9.17, 15) is 0 Å². The highest BCUT2D eigenvalue weighted by atomic mass is 32.1. The average Bonchev–Trinajstić information content (AvgIpc) is 2.78. The second-order valence-corrected chi connectivity index (χ2v) is 5.80. The molecule has 0 N–H and O–H groups in total. The van der Waals surface area contributed by atoms with Crippen LogP contribution >= 0.6 is 11.3 Å². The van der Waals surface area contributed by atoms with Crippen LogP contribution < -0.4 is 0 Å². The largest absolute Gasteiger partial charge is 0.241 e. The minimum absolute atomic E-state index is 0.0966. The van der Waals surface area contributed by atoms with Gasteiger partial charge >= 0.3 is 0 Å². The molecule has 0 aliphatic carbocycles. The smallest absolute Gasteiger partial charge is 0.187 e. The molecule has 0 saturated carbocycles. The van der Waals surface area contributed by atoms with E-state index in [1.807, 2.05) is 24.3 Å². The summed E-state index contributed by atoms with van der Waals surface area (Å²) < 4.78 is 0. The lowest BCUT2D eigenvalue weighted by molar-refractivity contribution is 0.586.